The van der Waals surface area contributed by atoms with Gasteiger partial charge in [0.15, 0.2) is 17.3 Å². The van der Waals surface area contributed by atoms with Crippen molar-refractivity contribution in [1.82, 2.24) is 0 Å². The highest BCUT2D eigenvalue weighted by molar-refractivity contribution is 6.10. The van der Waals surface area contributed by atoms with E-state index in [0.717, 1.165) is 11.6 Å². The monoisotopic (exact) mass is 314 g/mol. The lowest BCUT2D eigenvalue weighted by Crippen LogP contribution is -1.99. The van der Waals surface area contributed by atoms with Crippen LogP contribution in [0, 0.1) is 0 Å². The number of carbonyl (C=O) groups is 1. The van der Waals surface area contributed by atoms with E-state index in [1.807, 2.05) is 0 Å². The van der Waals surface area contributed by atoms with Crippen molar-refractivity contribution >= 4 is 11.9 Å². The molecule has 23 heavy (non-hydrogen) atoms. The number of methoxy groups -OCH3 is 1. The Morgan fingerprint density at radius 1 is 1.17 bits per heavy atom. The molecule has 6 nitrogen and oxygen atoms in total. The van der Waals surface area contributed by atoms with E-state index in [0.29, 0.717) is 11.5 Å². The minimum absolute atomic E-state index is 0.0118. The molecule has 0 aromatic heterocycles. The lowest BCUT2D eigenvalue weighted by Gasteiger charge is -2.08. The third-order valence-electron chi connectivity index (χ3n) is 3.36. The Labute approximate surface area is 132 Å². The van der Waals surface area contributed by atoms with Gasteiger partial charge in [-0.2, -0.15) is 0 Å². The fraction of sp³-hybridized carbons (Fsp3) is 0.118. The van der Waals surface area contributed by atoms with Crippen LogP contribution in [0.2, 0.25) is 0 Å². The number of aromatic hydroxyl groups is 2. The Kier molecular flexibility index (Phi) is 3.80. The second-order valence-corrected chi connectivity index (χ2v) is 4.85. The molecule has 0 amide bonds. The molecular formula is C17H14O6. The fourth-order valence-electron chi connectivity index (χ4n) is 2.27. The Bertz CT molecular complexity index is 794. The summed E-state index contributed by atoms with van der Waals surface area (Å²) in [5.74, 6) is 0.397. The fourth-order valence-corrected chi connectivity index (χ4v) is 2.27. The van der Waals surface area contributed by atoms with Gasteiger partial charge in [-0.25, -0.2) is 0 Å². The number of rotatable bonds is 4. The van der Waals surface area contributed by atoms with E-state index in [4.69, 9.17) is 14.2 Å². The molecule has 1 aliphatic rings. The minimum atomic E-state index is -0.447. The molecule has 0 unspecified atom stereocenters. The number of phenolic OH excluding ortho intramolecular Hbond substituents is 2. The molecule has 0 bridgehead atoms. The number of ether oxygens (including phenoxy) is 3. The van der Waals surface area contributed by atoms with Crippen LogP contribution in [0.15, 0.2) is 36.4 Å². The van der Waals surface area contributed by atoms with Crippen LogP contribution in [0.5, 0.6) is 28.7 Å². The van der Waals surface area contributed by atoms with E-state index in [9.17, 15) is 15.0 Å². The van der Waals surface area contributed by atoms with Crippen molar-refractivity contribution in [2.24, 2.45) is 0 Å². The lowest BCUT2D eigenvalue weighted by atomic mass is 10.1. The molecule has 0 radical (unpaired) electrons. The maximum absolute atomic E-state index is 12.3. The molecule has 0 fully saturated rings. The van der Waals surface area contributed by atoms with Crippen LogP contribution >= 0.6 is 0 Å². The van der Waals surface area contributed by atoms with Gasteiger partial charge in [-0.15, -0.1) is 0 Å². The van der Waals surface area contributed by atoms with Gasteiger partial charge in [-0.3, -0.25) is 4.79 Å². The Balaban J connectivity index is 1.87. The topological polar surface area (TPSA) is 85.2 Å². The molecule has 0 aliphatic carbocycles. The molecule has 3 rings (SSSR count). The molecule has 6 heteroatoms. The van der Waals surface area contributed by atoms with Crippen molar-refractivity contribution in [2.75, 3.05) is 13.9 Å². The number of hydrogen-bond donors (Lipinski definition) is 2. The second-order valence-electron chi connectivity index (χ2n) is 4.85. The number of fused-ring (bicyclic) bond motifs is 1. The molecule has 0 saturated heterocycles. The Hall–Kier alpha value is -3.15. The summed E-state index contributed by atoms with van der Waals surface area (Å²) in [5.41, 5.74) is 0.738. The van der Waals surface area contributed by atoms with Gasteiger partial charge in [0.05, 0.1) is 7.11 Å². The van der Waals surface area contributed by atoms with Crippen LogP contribution in [0.25, 0.3) is 6.08 Å². The first-order valence-corrected chi connectivity index (χ1v) is 6.80. The highest BCUT2D eigenvalue weighted by Crippen LogP contribution is 2.34. The second kappa shape index (κ2) is 5.92. The van der Waals surface area contributed by atoms with Crippen molar-refractivity contribution in [3.05, 3.63) is 47.5 Å². The molecule has 2 aromatic rings. The van der Waals surface area contributed by atoms with Crippen LogP contribution < -0.4 is 14.2 Å². The molecule has 118 valence electrons. The molecule has 0 spiro atoms. The number of carbonyl (C=O) groups excluding carboxylic acids is 1. The summed E-state index contributed by atoms with van der Waals surface area (Å²) >= 11 is 0. The normalized spacial score (nSPS) is 12.6. The van der Waals surface area contributed by atoms with Crippen LogP contribution in [0.1, 0.15) is 15.9 Å². The molecule has 1 aliphatic heterocycles. The number of allylic oxidation sites excluding steroid dienone is 1. The van der Waals surface area contributed by atoms with Crippen molar-refractivity contribution in [2.45, 2.75) is 0 Å². The van der Waals surface area contributed by atoms with Gasteiger partial charge in [-0.05, 0) is 23.8 Å². The Morgan fingerprint density at radius 2 is 1.96 bits per heavy atom. The molecular weight excluding hydrogens is 300 g/mol. The molecule has 2 aromatic carbocycles. The summed E-state index contributed by atoms with van der Waals surface area (Å²) in [5, 5.41) is 19.3. The lowest BCUT2D eigenvalue weighted by molar-refractivity contribution is 0.104. The SMILES string of the molecule is COc1cc(O)cc(O)c1C(=O)C=Cc1ccc2c(c1)OCO2. The van der Waals surface area contributed by atoms with E-state index < -0.39 is 5.78 Å². The van der Waals surface area contributed by atoms with Crippen molar-refractivity contribution in [3.63, 3.8) is 0 Å². The minimum Gasteiger partial charge on any atom is -0.508 e. The highest BCUT2D eigenvalue weighted by atomic mass is 16.7. The van der Waals surface area contributed by atoms with E-state index >= 15 is 0 Å². The van der Waals surface area contributed by atoms with Gasteiger partial charge < -0.3 is 24.4 Å². The maximum Gasteiger partial charge on any atom is 0.231 e. The average molecular weight is 314 g/mol. The van der Waals surface area contributed by atoms with Crippen molar-refractivity contribution in [1.29, 1.82) is 0 Å². The zero-order chi connectivity index (χ0) is 16.4. The third-order valence-corrected chi connectivity index (χ3v) is 3.36. The van der Waals surface area contributed by atoms with Gasteiger partial charge in [-0.1, -0.05) is 12.1 Å². The van der Waals surface area contributed by atoms with Gasteiger partial charge in [0.1, 0.15) is 22.8 Å². The maximum atomic E-state index is 12.3. The zero-order valence-electron chi connectivity index (χ0n) is 12.3. The van der Waals surface area contributed by atoms with Crippen molar-refractivity contribution < 1.29 is 29.2 Å². The molecule has 0 saturated carbocycles. The quantitative estimate of drug-likeness (QED) is 0.667. The summed E-state index contributed by atoms with van der Waals surface area (Å²) in [6.45, 7) is 0.181. The van der Waals surface area contributed by atoms with Crippen LogP contribution in [-0.4, -0.2) is 29.9 Å². The average Bonchev–Trinajstić information content (AvgIpc) is 2.99. The molecule has 2 N–H and O–H groups in total. The predicted molar refractivity (Wildman–Crippen MR) is 82.3 cm³/mol. The molecule has 1 heterocycles. The van der Waals surface area contributed by atoms with E-state index in [2.05, 4.69) is 0 Å². The first-order valence-electron chi connectivity index (χ1n) is 6.80. The largest absolute Gasteiger partial charge is 0.508 e. The summed E-state index contributed by atoms with van der Waals surface area (Å²) in [6, 6.07) is 7.64. The van der Waals surface area contributed by atoms with E-state index in [1.54, 1.807) is 24.3 Å². The number of ketones is 1. The van der Waals surface area contributed by atoms with E-state index in [-0.39, 0.29) is 29.6 Å². The van der Waals surface area contributed by atoms with Crippen LogP contribution in [-0.2, 0) is 0 Å². The highest BCUT2D eigenvalue weighted by Gasteiger charge is 2.17. The first-order chi connectivity index (χ1) is 11.1. The summed E-state index contributed by atoms with van der Waals surface area (Å²) in [6.07, 6.45) is 2.90. The predicted octanol–water partition coefficient (Wildman–Crippen LogP) is 2.73. The zero-order valence-corrected chi connectivity index (χ0v) is 12.3. The van der Waals surface area contributed by atoms with Crippen molar-refractivity contribution in [3.8, 4) is 28.7 Å². The van der Waals surface area contributed by atoms with Crippen LogP contribution in [0.4, 0.5) is 0 Å². The number of hydrogen-bond acceptors (Lipinski definition) is 6. The smallest absolute Gasteiger partial charge is 0.231 e. The summed E-state index contributed by atoms with van der Waals surface area (Å²) < 4.78 is 15.5. The number of phenols is 2. The molecule has 0 atom stereocenters. The number of benzene rings is 2. The van der Waals surface area contributed by atoms with Gasteiger partial charge >= 0.3 is 0 Å². The summed E-state index contributed by atoms with van der Waals surface area (Å²) in [7, 11) is 1.35. The van der Waals surface area contributed by atoms with Crippen LogP contribution in [0.3, 0.4) is 0 Å². The summed E-state index contributed by atoms with van der Waals surface area (Å²) in [4.78, 5) is 12.3. The van der Waals surface area contributed by atoms with E-state index in [1.165, 1.54) is 19.3 Å². The van der Waals surface area contributed by atoms with Gasteiger partial charge in [0.2, 0.25) is 6.79 Å². The van der Waals surface area contributed by atoms with Gasteiger partial charge in [0.25, 0.3) is 0 Å². The standard InChI is InChI=1S/C17H14O6/c1-21-16-8-11(18)7-13(20)17(16)12(19)4-2-10-3-5-14-15(6-10)23-9-22-14/h2-8,18,20H,9H2,1H3. The third kappa shape index (κ3) is 2.91. The Morgan fingerprint density at radius 3 is 2.74 bits per heavy atom. The first kappa shape index (κ1) is 14.8. The van der Waals surface area contributed by atoms with Gasteiger partial charge in [0, 0.05) is 12.1 Å².